The van der Waals surface area contributed by atoms with E-state index in [0.29, 0.717) is 12.2 Å². The van der Waals surface area contributed by atoms with Crippen LogP contribution >= 0.6 is 0 Å². The van der Waals surface area contributed by atoms with Crippen molar-refractivity contribution in [2.75, 3.05) is 13.7 Å². The Kier molecular flexibility index (Phi) is 4.13. The fraction of sp³-hybridized carbons (Fsp3) is 0.364. The molecule has 0 amide bonds. The first-order valence-electron chi connectivity index (χ1n) is 4.87. The number of hydrogen-bond acceptors (Lipinski definition) is 4. The van der Waals surface area contributed by atoms with E-state index < -0.39 is 11.9 Å². The van der Waals surface area contributed by atoms with Gasteiger partial charge in [-0.15, -0.1) is 0 Å². The van der Waals surface area contributed by atoms with Crippen molar-refractivity contribution in [1.82, 2.24) is 0 Å². The van der Waals surface area contributed by atoms with Gasteiger partial charge in [0.1, 0.15) is 0 Å². The summed E-state index contributed by atoms with van der Waals surface area (Å²) in [5.41, 5.74) is 6.07. The summed E-state index contributed by atoms with van der Waals surface area (Å²) in [7, 11) is 1.45. The van der Waals surface area contributed by atoms with E-state index in [1.54, 1.807) is 12.1 Å². The van der Waals surface area contributed by atoms with Crippen LogP contribution in [0.5, 0.6) is 11.5 Å². The van der Waals surface area contributed by atoms with Crippen LogP contribution in [0.15, 0.2) is 18.2 Å². The van der Waals surface area contributed by atoms with Crippen LogP contribution in [0.1, 0.15) is 5.56 Å². The molecule has 0 saturated carbocycles. The molecular weight excluding hydrogens is 210 g/mol. The van der Waals surface area contributed by atoms with Gasteiger partial charge in [0.2, 0.25) is 0 Å². The van der Waals surface area contributed by atoms with Crippen LogP contribution in [-0.4, -0.2) is 29.8 Å². The maximum absolute atomic E-state index is 10.8. The monoisotopic (exact) mass is 225 g/mol. The Balaban J connectivity index is 2.81. The number of phenolic OH excluding ortho intramolecular Hbond substituents is 1. The van der Waals surface area contributed by atoms with Crippen molar-refractivity contribution in [2.24, 2.45) is 11.7 Å². The average Bonchev–Trinajstić information content (AvgIpc) is 2.25. The van der Waals surface area contributed by atoms with Crippen LogP contribution in [-0.2, 0) is 11.2 Å². The van der Waals surface area contributed by atoms with Gasteiger partial charge in [-0.05, 0) is 24.1 Å². The first kappa shape index (κ1) is 12.3. The molecule has 5 heteroatoms. The Morgan fingerprint density at radius 3 is 2.69 bits per heavy atom. The molecule has 5 nitrogen and oxygen atoms in total. The third-order valence-electron chi connectivity index (χ3n) is 2.36. The second kappa shape index (κ2) is 5.37. The molecule has 0 heterocycles. The van der Waals surface area contributed by atoms with Crippen molar-refractivity contribution in [3.05, 3.63) is 23.8 Å². The smallest absolute Gasteiger partial charge is 0.308 e. The predicted molar refractivity (Wildman–Crippen MR) is 58.5 cm³/mol. The number of carboxylic acids is 1. The van der Waals surface area contributed by atoms with Crippen LogP contribution in [0.2, 0.25) is 0 Å². The molecule has 0 spiro atoms. The largest absolute Gasteiger partial charge is 0.504 e. The van der Waals surface area contributed by atoms with E-state index in [2.05, 4.69) is 0 Å². The molecule has 0 aliphatic rings. The highest BCUT2D eigenvalue weighted by atomic mass is 16.5. The van der Waals surface area contributed by atoms with Gasteiger partial charge >= 0.3 is 5.97 Å². The maximum Gasteiger partial charge on any atom is 0.308 e. The van der Waals surface area contributed by atoms with E-state index in [0.717, 1.165) is 5.56 Å². The Bertz CT molecular complexity index is 378. The summed E-state index contributed by atoms with van der Waals surface area (Å²) in [5.74, 6) is -1.20. The van der Waals surface area contributed by atoms with Gasteiger partial charge in [0, 0.05) is 6.54 Å². The molecule has 0 aromatic heterocycles. The number of phenols is 1. The van der Waals surface area contributed by atoms with Gasteiger partial charge in [0.25, 0.3) is 0 Å². The molecule has 0 aliphatic heterocycles. The SMILES string of the molecule is COc1ccc(CC(CN)C(=O)O)cc1O. The maximum atomic E-state index is 10.8. The molecule has 1 rings (SSSR count). The summed E-state index contributed by atoms with van der Waals surface area (Å²) >= 11 is 0. The summed E-state index contributed by atoms with van der Waals surface area (Å²) in [6.07, 6.45) is 0.295. The first-order chi connectivity index (χ1) is 7.58. The van der Waals surface area contributed by atoms with Crippen molar-refractivity contribution >= 4 is 5.97 Å². The van der Waals surface area contributed by atoms with E-state index in [9.17, 15) is 9.90 Å². The van der Waals surface area contributed by atoms with Gasteiger partial charge in [-0.3, -0.25) is 4.79 Å². The van der Waals surface area contributed by atoms with E-state index in [1.807, 2.05) is 0 Å². The third kappa shape index (κ3) is 2.87. The molecule has 1 atom stereocenters. The molecule has 0 saturated heterocycles. The van der Waals surface area contributed by atoms with Crippen molar-refractivity contribution in [1.29, 1.82) is 0 Å². The first-order valence-corrected chi connectivity index (χ1v) is 4.87. The highest BCUT2D eigenvalue weighted by Crippen LogP contribution is 2.27. The Hall–Kier alpha value is -1.75. The van der Waals surface area contributed by atoms with Crippen molar-refractivity contribution in [3.63, 3.8) is 0 Å². The van der Waals surface area contributed by atoms with E-state index in [-0.39, 0.29) is 12.3 Å². The predicted octanol–water partition coefficient (Wildman–Crippen LogP) is 0.603. The molecule has 0 radical (unpaired) electrons. The second-order valence-electron chi connectivity index (χ2n) is 3.48. The van der Waals surface area contributed by atoms with Crippen LogP contribution < -0.4 is 10.5 Å². The van der Waals surface area contributed by atoms with Crippen molar-refractivity contribution in [3.8, 4) is 11.5 Å². The number of carboxylic acid groups (broad SMARTS) is 1. The number of rotatable bonds is 5. The van der Waals surface area contributed by atoms with Gasteiger partial charge in [-0.1, -0.05) is 6.07 Å². The minimum atomic E-state index is -0.933. The van der Waals surface area contributed by atoms with Gasteiger partial charge in [0.15, 0.2) is 11.5 Å². The number of benzene rings is 1. The van der Waals surface area contributed by atoms with E-state index >= 15 is 0 Å². The van der Waals surface area contributed by atoms with Crippen LogP contribution in [0.25, 0.3) is 0 Å². The van der Waals surface area contributed by atoms with Crippen LogP contribution in [0, 0.1) is 5.92 Å². The molecule has 16 heavy (non-hydrogen) atoms. The van der Waals surface area contributed by atoms with Crippen molar-refractivity contribution in [2.45, 2.75) is 6.42 Å². The minimum Gasteiger partial charge on any atom is -0.504 e. The van der Waals surface area contributed by atoms with Crippen molar-refractivity contribution < 1.29 is 19.7 Å². The number of aromatic hydroxyl groups is 1. The third-order valence-corrected chi connectivity index (χ3v) is 2.36. The van der Waals surface area contributed by atoms with Gasteiger partial charge in [-0.2, -0.15) is 0 Å². The summed E-state index contributed by atoms with van der Waals surface area (Å²) < 4.78 is 4.89. The van der Waals surface area contributed by atoms with Crippen LogP contribution in [0.3, 0.4) is 0 Å². The summed E-state index contributed by atoms with van der Waals surface area (Å²) in [6.45, 7) is 0.0716. The highest BCUT2D eigenvalue weighted by molar-refractivity contribution is 5.70. The van der Waals surface area contributed by atoms with E-state index in [4.69, 9.17) is 15.6 Å². The quantitative estimate of drug-likeness (QED) is 0.682. The second-order valence-corrected chi connectivity index (χ2v) is 3.48. The zero-order chi connectivity index (χ0) is 12.1. The molecule has 1 aromatic rings. The lowest BCUT2D eigenvalue weighted by Gasteiger charge is -2.10. The number of nitrogens with two attached hydrogens (primary N) is 1. The minimum absolute atomic E-state index is 0.00107. The molecule has 4 N–H and O–H groups in total. The number of aliphatic carboxylic acids is 1. The highest BCUT2D eigenvalue weighted by Gasteiger charge is 2.16. The Morgan fingerprint density at radius 2 is 2.25 bits per heavy atom. The number of carbonyl (C=O) groups is 1. The summed E-state index contributed by atoms with van der Waals surface area (Å²) in [4.78, 5) is 10.8. The molecule has 1 unspecified atom stereocenters. The lowest BCUT2D eigenvalue weighted by Crippen LogP contribution is -2.25. The molecule has 88 valence electrons. The Morgan fingerprint density at radius 1 is 1.56 bits per heavy atom. The lowest BCUT2D eigenvalue weighted by molar-refractivity contribution is -0.141. The lowest BCUT2D eigenvalue weighted by atomic mass is 9.99. The number of methoxy groups -OCH3 is 1. The molecular formula is C11H15NO4. The zero-order valence-corrected chi connectivity index (χ0v) is 9.01. The fourth-order valence-corrected chi connectivity index (χ4v) is 1.42. The van der Waals surface area contributed by atoms with E-state index in [1.165, 1.54) is 13.2 Å². The number of ether oxygens (including phenoxy) is 1. The van der Waals surface area contributed by atoms with Gasteiger partial charge < -0.3 is 20.7 Å². The molecule has 0 fully saturated rings. The summed E-state index contributed by atoms with van der Waals surface area (Å²) in [6, 6.07) is 4.80. The Labute approximate surface area is 93.5 Å². The van der Waals surface area contributed by atoms with Gasteiger partial charge in [0.05, 0.1) is 13.0 Å². The number of hydrogen-bond donors (Lipinski definition) is 3. The average molecular weight is 225 g/mol. The normalized spacial score (nSPS) is 12.1. The molecule has 0 bridgehead atoms. The fourth-order valence-electron chi connectivity index (χ4n) is 1.42. The van der Waals surface area contributed by atoms with Gasteiger partial charge in [-0.25, -0.2) is 0 Å². The topological polar surface area (TPSA) is 92.8 Å². The van der Waals surface area contributed by atoms with Crippen LogP contribution in [0.4, 0.5) is 0 Å². The summed E-state index contributed by atoms with van der Waals surface area (Å²) in [5, 5.41) is 18.3. The standard InChI is InChI=1S/C11H15NO4/c1-16-10-3-2-7(5-9(10)13)4-8(6-12)11(14)15/h2-3,5,8,13H,4,6,12H2,1H3,(H,14,15). The zero-order valence-electron chi connectivity index (χ0n) is 9.01. The molecule has 1 aromatic carbocycles. The molecule has 0 aliphatic carbocycles.